The van der Waals surface area contributed by atoms with E-state index in [-0.39, 0.29) is 5.25 Å². The second-order valence-electron chi connectivity index (χ2n) is 5.48. The molecule has 2 aliphatic rings. The third kappa shape index (κ3) is 2.87. The molecule has 1 aliphatic carbocycles. The summed E-state index contributed by atoms with van der Waals surface area (Å²) < 4.78 is 4.97. The molecule has 1 N–H and O–H groups in total. The van der Waals surface area contributed by atoms with Gasteiger partial charge in [-0.05, 0) is 60.2 Å². The molecule has 0 spiro atoms. The summed E-state index contributed by atoms with van der Waals surface area (Å²) in [5.41, 5.74) is 3.25. The van der Waals surface area contributed by atoms with Crippen molar-refractivity contribution >= 4 is 30.6 Å². The molecule has 0 saturated carbocycles. The highest BCUT2D eigenvalue weighted by atomic mass is 32.2. The molecule has 0 radical (unpaired) electrons. The van der Waals surface area contributed by atoms with E-state index >= 15 is 0 Å². The third-order valence-electron chi connectivity index (χ3n) is 4.25. The minimum atomic E-state index is -0.707. The minimum absolute atomic E-state index is 0.0368. The average molecular weight is 322 g/mol. The van der Waals surface area contributed by atoms with Crippen LogP contribution in [0.4, 0.5) is 0 Å². The third-order valence-corrected chi connectivity index (χ3v) is 5.91. The highest BCUT2D eigenvalue weighted by Gasteiger charge is 2.42. The van der Waals surface area contributed by atoms with E-state index in [2.05, 4.69) is 12.9 Å². The smallest absolute Gasteiger partial charge is 0.312 e. The Balaban J connectivity index is 1.97. The van der Waals surface area contributed by atoms with Gasteiger partial charge < -0.3 is 9.29 Å². The van der Waals surface area contributed by atoms with Gasteiger partial charge in [-0.3, -0.25) is 4.79 Å². The number of aliphatic carboxylic acids is 1. The van der Waals surface area contributed by atoms with E-state index in [0.29, 0.717) is 6.61 Å². The van der Waals surface area contributed by atoms with Gasteiger partial charge in [0.15, 0.2) is 0 Å². The van der Waals surface area contributed by atoms with E-state index in [1.807, 2.05) is 24.3 Å². The molecule has 21 heavy (non-hydrogen) atoms. The number of hydrogen-bond donors (Lipinski definition) is 2. The van der Waals surface area contributed by atoms with Crippen molar-refractivity contribution < 1.29 is 14.1 Å². The number of carbonyl (C=O) groups is 1. The molecule has 0 aromatic heterocycles. The van der Waals surface area contributed by atoms with Crippen LogP contribution in [0, 0.1) is 5.92 Å². The topological polar surface area (TPSA) is 46.5 Å². The maximum absolute atomic E-state index is 11.8. The van der Waals surface area contributed by atoms with Gasteiger partial charge in [0.05, 0.1) is 17.8 Å². The Bertz CT molecular complexity index is 583. The first-order chi connectivity index (χ1) is 10.2. The van der Waals surface area contributed by atoms with Crippen LogP contribution in [0.3, 0.4) is 0 Å². The van der Waals surface area contributed by atoms with Crippen molar-refractivity contribution in [3.8, 4) is 0 Å². The molecule has 0 amide bonds. The first-order valence-electron chi connectivity index (χ1n) is 7.18. The van der Waals surface area contributed by atoms with Crippen molar-refractivity contribution in [1.29, 1.82) is 0 Å². The molecule has 5 heteroatoms. The summed E-state index contributed by atoms with van der Waals surface area (Å²) in [6, 6.07) is 7.93. The maximum Gasteiger partial charge on any atom is 0.312 e. The number of carboxylic acid groups (broad SMARTS) is 1. The van der Waals surface area contributed by atoms with Crippen molar-refractivity contribution in [1.82, 2.24) is 0 Å². The lowest BCUT2D eigenvalue weighted by atomic mass is 9.84. The molecule has 1 heterocycles. The highest BCUT2D eigenvalue weighted by molar-refractivity contribution is 8.03. The summed E-state index contributed by atoms with van der Waals surface area (Å²) in [6.45, 7) is 0.396. The fraction of sp³-hybridized carbons (Fsp3) is 0.438. The van der Waals surface area contributed by atoms with Crippen LogP contribution in [0.2, 0.25) is 0 Å². The van der Waals surface area contributed by atoms with Crippen LogP contribution in [0.5, 0.6) is 0 Å². The zero-order valence-electron chi connectivity index (χ0n) is 11.6. The summed E-state index contributed by atoms with van der Waals surface area (Å²) in [6.07, 6.45) is 4.25. The molecule has 0 saturated heterocycles. The number of allylic oxidation sites excluding steroid dienone is 1. The molecule has 2 atom stereocenters. The van der Waals surface area contributed by atoms with Gasteiger partial charge in [-0.1, -0.05) is 24.3 Å². The van der Waals surface area contributed by atoms with Gasteiger partial charge in [-0.2, -0.15) is 0 Å². The van der Waals surface area contributed by atoms with Crippen molar-refractivity contribution in [2.75, 3.05) is 0 Å². The van der Waals surface area contributed by atoms with Gasteiger partial charge in [0.25, 0.3) is 0 Å². The van der Waals surface area contributed by atoms with Gasteiger partial charge in [0, 0.05) is 0 Å². The number of rotatable bonds is 4. The van der Waals surface area contributed by atoms with E-state index in [9.17, 15) is 9.90 Å². The standard InChI is InChI=1S/C16H18O3S2/c17-16(18)14-12-7-3-4-8-13(12)21-15(14)11-6-2-1-5-10(11)9-19-20/h1-2,5-6,14-15,20H,3-4,7-9H2,(H,17,18). The number of thiol groups is 1. The SMILES string of the molecule is O=C(O)C1C2=C(CCCC2)SC1c1ccccc1COS. The van der Waals surface area contributed by atoms with E-state index in [1.165, 1.54) is 11.3 Å². The molecule has 3 nitrogen and oxygen atoms in total. The first kappa shape index (κ1) is 15.0. The normalized spacial score (nSPS) is 25.0. The predicted octanol–water partition coefficient (Wildman–Crippen LogP) is 4.36. The highest BCUT2D eigenvalue weighted by Crippen LogP contribution is 2.56. The lowest BCUT2D eigenvalue weighted by Crippen LogP contribution is -2.20. The number of hydrogen-bond acceptors (Lipinski definition) is 4. The monoisotopic (exact) mass is 322 g/mol. The lowest BCUT2D eigenvalue weighted by molar-refractivity contribution is -0.140. The van der Waals surface area contributed by atoms with E-state index in [0.717, 1.165) is 36.0 Å². The summed E-state index contributed by atoms with van der Waals surface area (Å²) in [4.78, 5) is 13.1. The van der Waals surface area contributed by atoms with Gasteiger partial charge in [-0.15, -0.1) is 11.8 Å². The second kappa shape index (κ2) is 6.46. The first-order valence-corrected chi connectivity index (χ1v) is 8.42. The molecule has 2 unspecified atom stereocenters. The number of benzene rings is 1. The van der Waals surface area contributed by atoms with Gasteiger partial charge in [-0.25, -0.2) is 0 Å². The molecule has 112 valence electrons. The maximum atomic E-state index is 11.8. The number of carboxylic acids is 1. The molecule has 1 aromatic carbocycles. The van der Waals surface area contributed by atoms with Crippen LogP contribution in [-0.2, 0) is 15.6 Å². The van der Waals surface area contributed by atoms with Gasteiger partial charge in [0.2, 0.25) is 0 Å². The zero-order valence-corrected chi connectivity index (χ0v) is 13.3. The Morgan fingerprint density at radius 2 is 2.10 bits per heavy atom. The molecule has 1 aliphatic heterocycles. The Kier molecular flexibility index (Phi) is 4.62. The summed E-state index contributed by atoms with van der Waals surface area (Å²) in [7, 11) is 0. The van der Waals surface area contributed by atoms with Crippen LogP contribution < -0.4 is 0 Å². The largest absolute Gasteiger partial charge is 0.481 e. The van der Waals surface area contributed by atoms with Crippen LogP contribution in [0.25, 0.3) is 0 Å². The van der Waals surface area contributed by atoms with Crippen molar-refractivity contribution in [2.45, 2.75) is 37.5 Å². The Morgan fingerprint density at radius 3 is 2.86 bits per heavy atom. The molecule has 3 rings (SSSR count). The van der Waals surface area contributed by atoms with Gasteiger partial charge in [0.1, 0.15) is 0 Å². The fourth-order valence-corrected chi connectivity index (χ4v) is 5.16. The summed E-state index contributed by atoms with van der Waals surface area (Å²) in [5.74, 6) is -1.10. The predicted molar refractivity (Wildman–Crippen MR) is 87.2 cm³/mol. The van der Waals surface area contributed by atoms with Crippen LogP contribution in [0.1, 0.15) is 42.1 Å². The van der Waals surface area contributed by atoms with Gasteiger partial charge >= 0.3 is 5.97 Å². The Labute approximate surface area is 134 Å². The van der Waals surface area contributed by atoms with Crippen LogP contribution >= 0.6 is 24.7 Å². The molecule has 0 bridgehead atoms. The van der Waals surface area contributed by atoms with E-state index in [1.54, 1.807) is 11.8 Å². The quantitative estimate of drug-likeness (QED) is 0.638. The van der Waals surface area contributed by atoms with Crippen molar-refractivity contribution in [3.05, 3.63) is 45.9 Å². The lowest BCUT2D eigenvalue weighted by Gasteiger charge is -2.21. The van der Waals surface area contributed by atoms with Crippen LogP contribution in [0.15, 0.2) is 34.7 Å². The molecular weight excluding hydrogens is 304 g/mol. The average Bonchev–Trinajstić information content (AvgIpc) is 2.87. The Morgan fingerprint density at radius 1 is 1.33 bits per heavy atom. The fourth-order valence-electron chi connectivity index (χ4n) is 3.30. The van der Waals surface area contributed by atoms with E-state index < -0.39 is 11.9 Å². The molecule has 0 fully saturated rings. The van der Waals surface area contributed by atoms with E-state index in [4.69, 9.17) is 4.18 Å². The second-order valence-corrected chi connectivity index (χ2v) is 6.98. The summed E-state index contributed by atoms with van der Waals surface area (Å²) >= 11 is 5.58. The summed E-state index contributed by atoms with van der Waals surface area (Å²) in [5, 5.41) is 9.67. The zero-order chi connectivity index (χ0) is 14.8. The van der Waals surface area contributed by atoms with Crippen LogP contribution in [-0.4, -0.2) is 11.1 Å². The van der Waals surface area contributed by atoms with Crippen molar-refractivity contribution in [2.24, 2.45) is 5.92 Å². The molecule has 1 aromatic rings. The van der Waals surface area contributed by atoms with Crippen molar-refractivity contribution in [3.63, 3.8) is 0 Å². The Hall–Kier alpha value is -0.910. The minimum Gasteiger partial charge on any atom is -0.481 e. The molecular formula is C16H18O3S2. The number of thioether (sulfide) groups is 1.